The number of β-lactam (4-membered cyclic amide) rings is 1. The van der Waals surface area contributed by atoms with Crippen molar-refractivity contribution < 1.29 is 33.1 Å². The zero-order valence-electron chi connectivity index (χ0n) is 23.5. The van der Waals surface area contributed by atoms with Gasteiger partial charge in [0.25, 0.3) is 0 Å². The molecule has 0 aromatic heterocycles. The Kier molecular flexibility index (Phi) is 12.5. The number of likely N-dealkylation sites (N-methyl/N-ethyl adjacent to an activating group) is 1. The van der Waals surface area contributed by atoms with Crippen molar-refractivity contribution >= 4 is 34.4 Å². The number of nitrogens with zero attached hydrogens (tertiary/aromatic N) is 2. The molecule has 1 aliphatic rings. The molecule has 1 aliphatic heterocycles. The molecule has 3 atom stereocenters. The summed E-state index contributed by atoms with van der Waals surface area (Å²) in [6, 6.07) is -0.285. The molecule has 11 heteroatoms. The van der Waals surface area contributed by atoms with Gasteiger partial charge in [-0.25, -0.2) is 9.59 Å². The smallest absolute Gasteiger partial charge is 0.410 e. The van der Waals surface area contributed by atoms with Gasteiger partial charge in [0, 0.05) is 51.5 Å². The van der Waals surface area contributed by atoms with E-state index in [1.165, 1.54) is 22.0 Å². The lowest BCUT2D eigenvalue weighted by atomic mass is 9.60. The van der Waals surface area contributed by atoms with Crippen molar-refractivity contribution in [1.29, 1.82) is 0 Å². The van der Waals surface area contributed by atoms with Crippen LogP contribution in [0.5, 0.6) is 0 Å². The third-order valence-electron chi connectivity index (χ3n) is 6.66. The van der Waals surface area contributed by atoms with Crippen LogP contribution in [0.2, 0.25) is 0 Å². The fraction of sp³-hybridized carbons (Fsp3) is 0.692. The number of hydrogen-bond acceptors (Lipinski definition) is 7. The average Bonchev–Trinajstić information content (AvgIpc) is 2.82. The maximum atomic E-state index is 12.9. The van der Waals surface area contributed by atoms with Gasteiger partial charge < -0.3 is 29.0 Å². The predicted molar refractivity (Wildman–Crippen MR) is 145 cm³/mol. The summed E-state index contributed by atoms with van der Waals surface area (Å²) in [6.45, 7) is 17.9. The number of rotatable bonds is 15. The summed E-state index contributed by atoms with van der Waals surface area (Å²) >= 11 is 0. The van der Waals surface area contributed by atoms with E-state index in [1.54, 1.807) is 7.05 Å². The van der Waals surface area contributed by atoms with Crippen molar-refractivity contribution in [3.05, 3.63) is 25.3 Å². The number of carbonyl (C=O) groups excluding carboxylic acids is 4. The van der Waals surface area contributed by atoms with Gasteiger partial charge in [-0.2, -0.15) is 0 Å². The van der Waals surface area contributed by atoms with Crippen LogP contribution in [-0.2, 0) is 23.5 Å². The molecule has 3 amide bonds. The lowest BCUT2D eigenvalue weighted by molar-refractivity contribution is -0.151. The first-order valence-corrected chi connectivity index (χ1v) is 13.4. The van der Waals surface area contributed by atoms with E-state index < -0.39 is 17.8 Å². The molecular weight excluding hydrogens is 494 g/mol. The minimum Gasteiger partial charge on any atom is -0.445 e. The van der Waals surface area contributed by atoms with E-state index in [9.17, 15) is 19.2 Å². The lowest BCUT2D eigenvalue weighted by Gasteiger charge is -2.52. The van der Waals surface area contributed by atoms with E-state index in [0.717, 1.165) is 0 Å². The van der Waals surface area contributed by atoms with Crippen LogP contribution in [0.3, 0.4) is 0 Å². The molecule has 0 unspecified atom stereocenters. The molecule has 1 N–H and O–H groups in total. The quantitative estimate of drug-likeness (QED) is 0.192. The molecule has 37 heavy (non-hydrogen) atoms. The van der Waals surface area contributed by atoms with E-state index in [1.807, 2.05) is 13.8 Å². The largest absolute Gasteiger partial charge is 0.445 e. The number of Topliss-reactive ketones (excluding diaryl/α,β-unsaturated/α-hetero) is 1. The van der Waals surface area contributed by atoms with Gasteiger partial charge in [-0.3, -0.25) is 9.59 Å². The molecule has 210 valence electrons. The van der Waals surface area contributed by atoms with Gasteiger partial charge in [-0.15, -0.1) is 0 Å². The molecule has 1 saturated heterocycles. The number of carbonyl (C=O) groups is 4. The van der Waals surface area contributed by atoms with Crippen LogP contribution in [0.15, 0.2) is 25.3 Å². The molecule has 0 aromatic rings. The number of nitrogens with one attached hydrogen (secondary N) is 1. The van der Waals surface area contributed by atoms with Crippen molar-refractivity contribution in [1.82, 2.24) is 15.1 Å². The van der Waals surface area contributed by atoms with Crippen LogP contribution >= 0.6 is 0 Å². The summed E-state index contributed by atoms with van der Waals surface area (Å²) in [6.07, 6.45) is 2.03. The Morgan fingerprint density at radius 1 is 1.03 bits per heavy atom. The monoisotopic (exact) mass is 539 g/mol. The first kappa shape index (κ1) is 32.4. The van der Waals surface area contributed by atoms with Crippen LogP contribution in [0, 0.1) is 17.3 Å². The van der Waals surface area contributed by atoms with Crippen LogP contribution in [0.4, 0.5) is 9.59 Å². The fourth-order valence-corrected chi connectivity index (χ4v) is 5.14. The van der Waals surface area contributed by atoms with E-state index in [-0.39, 0.29) is 80.7 Å². The Morgan fingerprint density at radius 2 is 1.59 bits per heavy atom. The topological polar surface area (TPSA) is 114 Å². The standard InChI is InChI=1S/C26H45N3O7Si/c1-9-15-34-23(32)28(8)13-14-29(24(33)35-16-10-2)12-11-18(30)17-19-20(22(31)27-19)21(25(3,4)5)26(6,7)36-37/h9-10,19-21H,1-2,11-17H2,3-8,37H3,(H,27,31)/t19-,20-,21-/m1/s1. The van der Waals surface area contributed by atoms with Gasteiger partial charge in [-0.05, 0) is 19.3 Å². The molecule has 0 radical (unpaired) electrons. The SMILES string of the molecule is C=CCOC(=O)N(C)CCN(CCC(=O)C[C@H]1NC(=O)[C@H]1[C@H](C(C)(C)C)C(C)(C)O[SiH3])C(=O)OCC=C. The van der Waals surface area contributed by atoms with Crippen molar-refractivity contribution in [2.45, 2.75) is 59.1 Å². The first-order valence-electron chi connectivity index (χ1n) is 12.6. The molecule has 0 bridgehead atoms. The van der Waals surface area contributed by atoms with Crippen LogP contribution in [-0.4, -0.2) is 95.7 Å². The van der Waals surface area contributed by atoms with E-state index in [4.69, 9.17) is 13.9 Å². The molecule has 0 aromatic carbocycles. The van der Waals surface area contributed by atoms with Gasteiger partial charge in [-0.1, -0.05) is 46.1 Å². The molecule has 10 nitrogen and oxygen atoms in total. The molecule has 1 rings (SSSR count). The second-order valence-corrected chi connectivity index (χ2v) is 11.3. The third kappa shape index (κ3) is 9.62. The molecule has 0 aliphatic carbocycles. The maximum Gasteiger partial charge on any atom is 0.410 e. The normalized spacial score (nSPS) is 18.2. The first-order chi connectivity index (χ1) is 17.2. The number of hydrogen-bond donors (Lipinski definition) is 1. The van der Waals surface area contributed by atoms with Crippen molar-refractivity contribution in [3.8, 4) is 0 Å². The summed E-state index contributed by atoms with van der Waals surface area (Å²) in [7, 11) is 2.09. The zero-order valence-corrected chi connectivity index (χ0v) is 25.5. The highest BCUT2D eigenvalue weighted by Gasteiger charge is 2.54. The van der Waals surface area contributed by atoms with Crippen molar-refractivity contribution in [3.63, 3.8) is 0 Å². The second kappa shape index (κ2) is 14.3. The van der Waals surface area contributed by atoms with Crippen molar-refractivity contribution in [2.24, 2.45) is 17.3 Å². The number of ether oxygens (including phenoxy) is 2. The molecule has 1 fully saturated rings. The average molecular weight is 540 g/mol. The highest BCUT2D eigenvalue weighted by Crippen LogP contribution is 2.46. The highest BCUT2D eigenvalue weighted by atomic mass is 28.2. The Balaban J connectivity index is 2.82. The zero-order chi connectivity index (χ0) is 28.4. The summed E-state index contributed by atoms with van der Waals surface area (Å²) in [5, 5.41) is 2.89. The van der Waals surface area contributed by atoms with Crippen molar-refractivity contribution in [2.75, 3.05) is 39.9 Å². The van der Waals surface area contributed by atoms with E-state index >= 15 is 0 Å². The predicted octanol–water partition coefficient (Wildman–Crippen LogP) is 2.07. The minimum absolute atomic E-state index is 0.0304. The molecule has 1 heterocycles. The summed E-state index contributed by atoms with van der Waals surface area (Å²) in [4.78, 5) is 52.7. The second-order valence-electron chi connectivity index (χ2n) is 10.9. The minimum atomic E-state index is -0.603. The van der Waals surface area contributed by atoms with Gasteiger partial charge in [0.05, 0.1) is 11.5 Å². The maximum absolute atomic E-state index is 12.9. The number of ketones is 1. The molecule has 0 spiro atoms. The number of amides is 3. The van der Waals surface area contributed by atoms with Gasteiger partial charge in [0.15, 0.2) is 0 Å². The van der Waals surface area contributed by atoms with Crippen LogP contribution in [0.25, 0.3) is 0 Å². The Morgan fingerprint density at radius 3 is 2.08 bits per heavy atom. The lowest BCUT2D eigenvalue weighted by Crippen LogP contribution is -2.66. The van der Waals surface area contributed by atoms with Gasteiger partial charge in [0.2, 0.25) is 5.91 Å². The third-order valence-corrected chi connectivity index (χ3v) is 7.72. The summed E-state index contributed by atoms with van der Waals surface area (Å²) in [5.74, 6) is -0.555. The molecule has 0 saturated carbocycles. The van der Waals surface area contributed by atoms with Crippen LogP contribution in [0.1, 0.15) is 47.5 Å². The highest BCUT2D eigenvalue weighted by molar-refractivity contribution is 5.98. The fourth-order valence-electron chi connectivity index (χ4n) is 4.88. The Labute approximate surface area is 224 Å². The van der Waals surface area contributed by atoms with Crippen LogP contribution < -0.4 is 5.32 Å². The van der Waals surface area contributed by atoms with E-state index in [0.29, 0.717) is 10.5 Å². The summed E-state index contributed by atoms with van der Waals surface area (Å²) in [5.41, 5.74) is -0.707. The van der Waals surface area contributed by atoms with Gasteiger partial charge >= 0.3 is 12.2 Å². The van der Waals surface area contributed by atoms with E-state index in [2.05, 4.69) is 39.2 Å². The van der Waals surface area contributed by atoms with Gasteiger partial charge in [0.1, 0.15) is 29.5 Å². The Hall–Kier alpha value is -2.66. The Bertz CT molecular complexity index is 841. The molecular formula is C26H45N3O7Si. The summed E-state index contributed by atoms with van der Waals surface area (Å²) < 4.78 is 16.0.